The van der Waals surface area contributed by atoms with Gasteiger partial charge in [0.15, 0.2) is 5.78 Å². The molecule has 1 aliphatic rings. The molecule has 20 heavy (non-hydrogen) atoms. The van der Waals surface area contributed by atoms with Crippen LogP contribution in [-0.2, 0) is 16.6 Å². The molecule has 2 rings (SSSR count). The van der Waals surface area contributed by atoms with E-state index < -0.39 is 11.3 Å². The van der Waals surface area contributed by atoms with Crippen LogP contribution in [0, 0.1) is 5.92 Å². The monoisotopic (exact) mass is 313 g/mol. The molecule has 0 fully saturated rings. The summed E-state index contributed by atoms with van der Waals surface area (Å²) in [6.07, 6.45) is 1.06. The van der Waals surface area contributed by atoms with E-state index in [0.29, 0.717) is 24.0 Å². The number of carbonyl (C=O) groups is 2. The highest BCUT2D eigenvalue weighted by Gasteiger charge is 2.40. The third kappa shape index (κ3) is 2.04. The zero-order chi connectivity index (χ0) is 15.2. The first-order valence-corrected chi connectivity index (χ1v) is 7.31. The smallest absolute Gasteiger partial charge is 0.228 e. The number of primary amides is 1. The third-order valence-electron chi connectivity index (χ3n) is 4.41. The maximum absolute atomic E-state index is 11.9. The van der Waals surface area contributed by atoms with Crippen LogP contribution in [0.3, 0.4) is 0 Å². The van der Waals surface area contributed by atoms with Crippen molar-refractivity contribution in [2.75, 3.05) is 0 Å². The second-order valence-corrected chi connectivity index (χ2v) is 6.49. The Morgan fingerprint density at radius 3 is 2.40 bits per heavy atom. The highest BCUT2D eigenvalue weighted by Crippen LogP contribution is 2.44. The van der Waals surface area contributed by atoms with E-state index in [1.807, 2.05) is 19.9 Å². The van der Waals surface area contributed by atoms with Crippen LogP contribution in [0.25, 0.3) is 0 Å². The number of hydrogen-bond donors (Lipinski definition) is 1. The van der Waals surface area contributed by atoms with Crippen molar-refractivity contribution in [3.63, 3.8) is 0 Å². The summed E-state index contributed by atoms with van der Waals surface area (Å²) in [7, 11) is 0. The summed E-state index contributed by atoms with van der Waals surface area (Å²) in [6.45, 7) is 5.58. The Morgan fingerprint density at radius 1 is 1.30 bits per heavy atom. The molecule has 0 bridgehead atoms. The fourth-order valence-corrected chi connectivity index (χ4v) is 3.33. The molecule has 2 N–H and O–H groups in total. The summed E-state index contributed by atoms with van der Waals surface area (Å²) in [4.78, 5) is 23.8. The van der Waals surface area contributed by atoms with E-state index in [9.17, 15) is 9.59 Å². The molecule has 1 aliphatic carbocycles. The SMILES string of the molecule is CC(C)C(C)(C(N)=O)c1cc2c(c(Cl)c1Cl)C(=O)CC2. The number of fused-ring (bicyclic) bond motifs is 1. The number of rotatable bonds is 3. The van der Waals surface area contributed by atoms with E-state index >= 15 is 0 Å². The summed E-state index contributed by atoms with van der Waals surface area (Å²) < 4.78 is 0. The summed E-state index contributed by atoms with van der Waals surface area (Å²) in [5, 5.41) is 0.505. The number of hydrogen-bond acceptors (Lipinski definition) is 2. The number of benzene rings is 1. The first-order valence-electron chi connectivity index (χ1n) is 6.55. The van der Waals surface area contributed by atoms with Crippen molar-refractivity contribution < 1.29 is 9.59 Å². The number of nitrogens with two attached hydrogens (primary N) is 1. The van der Waals surface area contributed by atoms with Gasteiger partial charge in [0.05, 0.1) is 15.5 Å². The highest BCUT2D eigenvalue weighted by atomic mass is 35.5. The highest BCUT2D eigenvalue weighted by molar-refractivity contribution is 6.45. The quantitative estimate of drug-likeness (QED) is 0.928. The van der Waals surface area contributed by atoms with Gasteiger partial charge in [-0.1, -0.05) is 43.1 Å². The van der Waals surface area contributed by atoms with Crippen molar-refractivity contribution in [3.8, 4) is 0 Å². The number of aryl methyl sites for hydroxylation is 1. The van der Waals surface area contributed by atoms with Crippen LogP contribution >= 0.6 is 23.2 Å². The van der Waals surface area contributed by atoms with Crippen molar-refractivity contribution in [2.45, 2.75) is 39.0 Å². The number of halogens is 2. The molecule has 0 saturated heterocycles. The van der Waals surface area contributed by atoms with Crippen molar-refractivity contribution in [2.24, 2.45) is 11.7 Å². The molecule has 0 radical (unpaired) electrons. The van der Waals surface area contributed by atoms with Gasteiger partial charge in [0.25, 0.3) is 0 Å². The number of ketones is 1. The average molecular weight is 314 g/mol. The molecular formula is C15H17Cl2NO2. The molecular weight excluding hydrogens is 297 g/mol. The van der Waals surface area contributed by atoms with E-state index in [2.05, 4.69) is 0 Å². The van der Waals surface area contributed by atoms with Gasteiger partial charge in [0.2, 0.25) is 5.91 Å². The standard InChI is InChI=1S/C15H17Cl2NO2/c1-7(2)15(3,14(18)20)9-6-8-4-5-10(19)11(8)13(17)12(9)16/h6-7H,4-5H2,1-3H3,(H2,18,20). The molecule has 1 aromatic rings. The van der Waals surface area contributed by atoms with Crippen molar-refractivity contribution >= 4 is 34.9 Å². The van der Waals surface area contributed by atoms with Gasteiger partial charge in [-0.05, 0) is 30.4 Å². The number of Topliss-reactive ketones (excluding diaryl/α,β-unsaturated/α-hetero) is 1. The summed E-state index contributed by atoms with van der Waals surface area (Å²) in [5.41, 5.74) is 6.63. The minimum atomic E-state index is -0.915. The molecule has 5 heteroatoms. The maximum atomic E-state index is 11.9. The molecule has 3 nitrogen and oxygen atoms in total. The van der Waals surface area contributed by atoms with E-state index in [0.717, 1.165) is 5.56 Å². The lowest BCUT2D eigenvalue weighted by Crippen LogP contribution is -2.43. The summed E-state index contributed by atoms with van der Waals surface area (Å²) in [5.74, 6) is -0.484. The normalized spacial score (nSPS) is 17.2. The Labute approximate surface area is 128 Å². The third-order valence-corrected chi connectivity index (χ3v) is 5.28. The lowest BCUT2D eigenvalue weighted by atomic mass is 9.72. The van der Waals surface area contributed by atoms with Crippen molar-refractivity contribution in [3.05, 3.63) is 32.8 Å². The maximum Gasteiger partial charge on any atom is 0.228 e. The van der Waals surface area contributed by atoms with Crippen LogP contribution in [0.15, 0.2) is 6.07 Å². The summed E-state index contributed by atoms with van der Waals surface area (Å²) >= 11 is 12.6. The Bertz CT molecular complexity index is 610. The van der Waals surface area contributed by atoms with Gasteiger partial charge in [-0.25, -0.2) is 0 Å². The van der Waals surface area contributed by atoms with Crippen LogP contribution in [0.1, 0.15) is 48.7 Å². The van der Waals surface area contributed by atoms with Crippen LogP contribution < -0.4 is 5.73 Å². The zero-order valence-electron chi connectivity index (χ0n) is 11.7. The molecule has 0 aliphatic heterocycles. The van der Waals surface area contributed by atoms with Crippen LogP contribution in [0.2, 0.25) is 10.0 Å². The van der Waals surface area contributed by atoms with Crippen molar-refractivity contribution in [1.29, 1.82) is 0 Å². The number of amides is 1. The van der Waals surface area contributed by atoms with Crippen LogP contribution in [-0.4, -0.2) is 11.7 Å². The topological polar surface area (TPSA) is 60.2 Å². The van der Waals surface area contributed by atoms with Crippen molar-refractivity contribution in [1.82, 2.24) is 0 Å². The van der Waals surface area contributed by atoms with Crippen LogP contribution in [0.5, 0.6) is 0 Å². The van der Waals surface area contributed by atoms with Gasteiger partial charge in [-0.2, -0.15) is 0 Å². The van der Waals surface area contributed by atoms with Gasteiger partial charge in [0.1, 0.15) is 0 Å². The van der Waals surface area contributed by atoms with E-state index in [4.69, 9.17) is 28.9 Å². The largest absolute Gasteiger partial charge is 0.369 e. The predicted molar refractivity (Wildman–Crippen MR) is 80.5 cm³/mol. The molecule has 1 atom stereocenters. The lowest BCUT2D eigenvalue weighted by Gasteiger charge is -2.32. The lowest BCUT2D eigenvalue weighted by molar-refractivity contribution is -0.124. The average Bonchev–Trinajstić information content (AvgIpc) is 2.74. The fraction of sp³-hybridized carbons (Fsp3) is 0.467. The molecule has 1 aromatic carbocycles. The van der Waals surface area contributed by atoms with Gasteiger partial charge >= 0.3 is 0 Å². The second kappa shape index (κ2) is 5.05. The fourth-order valence-electron chi connectivity index (χ4n) is 2.66. The van der Waals surface area contributed by atoms with E-state index in [-0.39, 0.29) is 21.7 Å². The Kier molecular flexibility index (Phi) is 3.87. The van der Waals surface area contributed by atoms with Gasteiger partial charge in [0, 0.05) is 12.0 Å². The minimum Gasteiger partial charge on any atom is -0.369 e. The molecule has 108 valence electrons. The minimum absolute atomic E-state index is 0.00350. The molecule has 1 amide bonds. The zero-order valence-corrected chi connectivity index (χ0v) is 13.2. The first kappa shape index (κ1) is 15.3. The molecule has 1 unspecified atom stereocenters. The molecule has 0 spiro atoms. The van der Waals surface area contributed by atoms with Gasteiger partial charge in [-0.15, -0.1) is 0 Å². The second-order valence-electron chi connectivity index (χ2n) is 5.73. The Morgan fingerprint density at radius 2 is 1.90 bits per heavy atom. The van der Waals surface area contributed by atoms with E-state index in [1.165, 1.54) is 0 Å². The van der Waals surface area contributed by atoms with Crippen LogP contribution in [0.4, 0.5) is 0 Å². The predicted octanol–water partition coefficient (Wildman–Crippen LogP) is 3.52. The van der Waals surface area contributed by atoms with E-state index in [1.54, 1.807) is 6.92 Å². The molecule has 0 saturated carbocycles. The Balaban J connectivity index is 2.74. The number of carbonyl (C=O) groups excluding carboxylic acids is 2. The molecule has 0 aromatic heterocycles. The van der Waals surface area contributed by atoms with Gasteiger partial charge in [-0.3, -0.25) is 9.59 Å². The van der Waals surface area contributed by atoms with Gasteiger partial charge < -0.3 is 5.73 Å². The first-order chi connectivity index (χ1) is 9.21. The molecule has 0 heterocycles. The summed E-state index contributed by atoms with van der Waals surface area (Å²) in [6, 6.07) is 1.82. The Hall–Kier alpha value is -1.06.